The fraction of sp³-hybridized carbons (Fsp3) is 0.800. The van der Waals surface area contributed by atoms with Crippen molar-refractivity contribution in [1.82, 2.24) is 15.5 Å². The molecule has 0 heterocycles. The monoisotopic (exact) mass is 247 g/mol. The molecule has 0 aliphatic carbocycles. The zero-order chi connectivity index (χ0) is 13.4. The number of amides is 2. The summed E-state index contributed by atoms with van der Waals surface area (Å²) in [5.41, 5.74) is 0. The summed E-state index contributed by atoms with van der Waals surface area (Å²) in [6.45, 7) is 2.02. The van der Waals surface area contributed by atoms with E-state index in [2.05, 4.69) is 10.6 Å². The number of aliphatic hydroxyl groups excluding tert-OH is 1. The van der Waals surface area contributed by atoms with E-state index in [1.807, 2.05) is 25.9 Å². The molecule has 0 saturated heterocycles. The molecule has 2 atom stereocenters. The van der Waals surface area contributed by atoms with Crippen molar-refractivity contribution in [3.8, 4) is 0 Å². The third-order valence-electron chi connectivity index (χ3n) is 2.17. The number of carboxylic acid groups (broad SMARTS) is 1. The molecule has 0 aromatic heterocycles. The lowest BCUT2D eigenvalue weighted by Gasteiger charge is -2.18. The molecule has 7 heteroatoms. The van der Waals surface area contributed by atoms with Crippen LogP contribution in [-0.2, 0) is 4.79 Å². The minimum absolute atomic E-state index is 0.0643. The molecular formula is C10H21N3O4. The molecule has 2 unspecified atom stereocenters. The Hall–Kier alpha value is -1.34. The van der Waals surface area contributed by atoms with Gasteiger partial charge in [0.15, 0.2) is 6.04 Å². The van der Waals surface area contributed by atoms with Crippen LogP contribution in [0, 0.1) is 0 Å². The molecule has 0 radical (unpaired) electrons. The molecule has 4 N–H and O–H groups in total. The number of hydrogen-bond donors (Lipinski definition) is 4. The highest BCUT2D eigenvalue weighted by Crippen LogP contribution is 1.92. The van der Waals surface area contributed by atoms with Gasteiger partial charge in [-0.15, -0.1) is 0 Å². The van der Waals surface area contributed by atoms with Crippen LogP contribution in [0.1, 0.15) is 13.3 Å². The van der Waals surface area contributed by atoms with Crippen LogP contribution < -0.4 is 10.6 Å². The summed E-state index contributed by atoms with van der Waals surface area (Å²) < 4.78 is 0. The van der Waals surface area contributed by atoms with E-state index >= 15 is 0 Å². The predicted molar refractivity (Wildman–Crippen MR) is 62.8 cm³/mol. The molecule has 0 spiro atoms. The van der Waals surface area contributed by atoms with Crippen molar-refractivity contribution in [2.24, 2.45) is 0 Å². The van der Waals surface area contributed by atoms with Gasteiger partial charge in [0, 0.05) is 6.04 Å². The molecule has 0 aliphatic heterocycles. The van der Waals surface area contributed by atoms with Crippen molar-refractivity contribution in [2.75, 3.05) is 27.2 Å². The first-order valence-electron chi connectivity index (χ1n) is 5.42. The number of urea groups is 1. The van der Waals surface area contributed by atoms with Crippen molar-refractivity contribution < 1.29 is 19.8 Å². The molecule has 0 aliphatic rings. The molecule has 0 aromatic rings. The maximum atomic E-state index is 11.4. The zero-order valence-corrected chi connectivity index (χ0v) is 10.4. The van der Waals surface area contributed by atoms with Gasteiger partial charge in [-0.3, -0.25) is 0 Å². The highest BCUT2D eigenvalue weighted by molar-refractivity contribution is 5.82. The van der Waals surface area contributed by atoms with Crippen LogP contribution in [0.2, 0.25) is 0 Å². The standard InChI is InChI=1S/C10H21N3O4/c1-7(4-5-13(2)3)11-10(17)12-8(6-14)9(15)16/h7-8,14H,4-6H2,1-3H3,(H,15,16)(H2,11,12,17). The number of aliphatic hydroxyl groups is 1. The molecule has 7 nitrogen and oxygen atoms in total. The smallest absolute Gasteiger partial charge is 0.328 e. The Kier molecular flexibility index (Phi) is 7.24. The number of carbonyl (C=O) groups excluding carboxylic acids is 1. The second kappa shape index (κ2) is 7.86. The highest BCUT2D eigenvalue weighted by Gasteiger charge is 2.19. The zero-order valence-electron chi connectivity index (χ0n) is 10.4. The predicted octanol–water partition coefficient (Wildman–Crippen LogP) is -0.929. The fourth-order valence-corrected chi connectivity index (χ4v) is 1.13. The summed E-state index contributed by atoms with van der Waals surface area (Å²) in [7, 11) is 3.86. The second-order valence-electron chi connectivity index (χ2n) is 4.18. The maximum absolute atomic E-state index is 11.4. The van der Waals surface area contributed by atoms with Gasteiger partial charge in [-0.1, -0.05) is 0 Å². The van der Waals surface area contributed by atoms with E-state index in [0.29, 0.717) is 0 Å². The Morgan fingerprint density at radius 3 is 2.29 bits per heavy atom. The first kappa shape index (κ1) is 15.7. The Balaban J connectivity index is 3.95. The van der Waals surface area contributed by atoms with Crippen molar-refractivity contribution in [3.63, 3.8) is 0 Å². The van der Waals surface area contributed by atoms with Crippen LogP contribution >= 0.6 is 0 Å². The van der Waals surface area contributed by atoms with Gasteiger partial charge in [-0.25, -0.2) is 9.59 Å². The number of nitrogens with one attached hydrogen (secondary N) is 2. The molecule has 0 saturated carbocycles. The average molecular weight is 247 g/mol. The molecule has 0 rings (SSSR count). The fourth-order valence-electron chi connectivity index (χ4n) is 1.13. The van der Waals surface area contributed by atoms with Gasteiger partial charge in [0.2, 0.25) is 0 Å². The average Bonchev–Trinajstić information content (AvgIpc) is 2.22. The van der Waals surface area contributed by atoms with E-state index in [9.17, 15) is 9.59 Å². The quantitative estimate of drug-likeness (QED) is 0.465. The molecule has 0 fully saturated rings. The summed E-state index contributed by atoms with van der Waals surface area (Å²) in [6, 6.07) is -1.92. The van der Waals surface area contributed by atoms with Gasteiger partial charge in [0.25, 0.3) is 0 Å². The topological polar surface area (TPSA) is 102 Å². The van der Waals surface area contributed by atoms with Crippen LogP contribution in [-0.4, -0.2) is 66.4 Å². The summed E-state index contributed by atoms with van der Waals surface area (Å²) in [5.74, 6) is -1.26. The lowest BCUT2D eigenvalue weighted by atomic mass is 10.2. The largest absolute Gasteiger partial charge is 0.480 e. The minimum Gasteiger partial charge on any atom is -0.480 e. The lowest BCUT2D eigenvalue weighted by molar-refractivity contribution is -0.140. The van der Waals surface area contributed by atoms with E-state index in [0.717, 1.165) is 13.0 Å². The summed E-state index contributed by atoms with van der Waals surface area (Å²) in [4.78, 5) is 23.9. The second-order valence-corrected chi connectivity index (χ2v) is 4.18. The lowest BCUT2D eigenvalue weighted by Crippen LogP contribution is -2.50. The molecule has 2 amide bonds. The van der Waals surface area contributed by atoms with Crippen LogP contribution in [0.5, 0.6) is 0 Å². The number of rotatable bonds is 7. The minimum atomic E-state index is -1.27. The van der Waals surface area contributed by atoms with Gasteiger partial charge in [0.05, 0.1) is 6.61 Å². The Labute approximate surface area is 101 Å². The van der Waals surface area contributed by atoms with E-state index in [1.54, 1.807) is 0 Å². The van der Waals surface area contributed by atoms with Crippen molar-refractivity contribution >= 4 is 12.0 Å². The summed E-state index contributed by atoms with van der Waals surface area (Å²) >= 11 is 0. The third-order valence-corrected chi connectivity index (χ3v) is 2.17. The van der Waals surface area contributed by atoms with Gasteiger partial charge in [0.1, 0.15) is 0 Å². The molecule has 0 aromatic carbocycles. The van der Waals surface area contributed by atoms with Crippen molar-refractivity contribution in [1.29, 1.82) is 0 Å². The SMILES string of the molecule is CC(CCN(C)C)NC(=O)NC(CO)C(=O)O. The normalized spacial score (nSPS) is 14.2. The molecule has 100 valence electrons. The third kappa shape index (κ3) is 7.53. The molecular weight excluding hydrogens is 226 g/mol. The van der Waals surface area contributed by atoms with Crippen LogP contribution in [0.15, 0.2) is 0 Å². The number of nitrogens with zero attached hydrogens (tertiary/aromatic N) is 1. The summed E-state index contributed by atoms with van der Waals surface area (Å²) in [5, 5.41) is 22.1. The van der Waals surface area contributed by atoms with E-state index in [-0.39, 0.29) is 6.04 Å². The number of aliphatic carboxylic acids is 1. The first-order chi connectivity index (χ1) is 7.86. The maximum Gasteiger partial charge on any atom is 0.328 e. The van der Waals surface area contributed by atoms with Crippen molar-refractivity contribution in [3.05, 3.63) is 0 Å². The Morgan fingerprint density at radius 1 is 1.29 bits per heavy atom. The first-order valence-corrected chi connectivity index (χ1v) is 5.42. The van der Waals surface area contributed by atoms with Crippen LogP contribution in [0.4, 0.5) is 4.79 Å². The van der Waals surface area contributed by atoms with Gasteiger partial charge >= 0.3 is 12.0 Å². The highest BCUT2D eigenvalue weighted by atomic mass is 16.4. The molecule has 0 bridgehead atoms. The Bertz CT molecular complexity index is 258. The van der Waals surface area contributed by atoms with Gasteiger partial charge in [-0.05, 0) is 34.0 Å². The Morgan fingerprint density at radius 2 is 1.88 bits per heavy atom. The van der Waals surface area contributed by atoms with Crippen molar-refractivity contribution in [2.45, 2.75) is 25.4 Å². The van der Waals surface area contributed by atoms with E-state index < -0.39 is 24.6 Å². The van der Waals surface area contributed by atoms with Crippen LogP contribution in [0.3, 0.4) is 0 Å². The number of hydrogen-bond acceptors (Lipinski definition) is 4. The number of carboxylic acids is 1. The van der Waals surface area contributed by atoms with E-state index in [1.165, 1.54) is 0 Å². The van der Waals surface area contributed by atoms with Gasteiger partial charge < -0.3 is 25.7 Å². The molecule has 17 heavy (non-hydrogen) atoms. The van der Waals surface area contributed by atoms with E-state index in [4.69, 9.17) is 10.2 Å². The number of carbonyl (C=O) groups is 2. The van der Waals surface area contributed by atoms with Crippen LogP contribution in [0.25, 0.3) is 0 Å². The van der Waals surface area contributed by atoms with Gasteiger partial charge in [-0.2, -0.15) is 0 Å². The summed E-state index contributed by atoms with van der Waals surface area (Å²) in [6.07, 6.45) is 0.761.